The van der Waals surface area contributed by atoms with E-state index in [1.54, 1.807) is 0 Å². The Bertz CT molecular complexity index is 161. The second kappa shape index (κ2) is 4.70. The molecular weight excluding hydrogens is 174 g/mol. The van der Waals surface area contributed by atoms with E-state index in [-0.39, 0.29) is 0 Å². The summed E-state index contributed by atoms with van der Waals surface area (Å²) >= 11 is 5.72. The van der Waals surface area contributed by atoms with Crippen molar-refractivity contribution >= 4 is 17.5 Å². The molecular formula is C9H16ClNO. The maximum Gasteiger partial charge on any atom is 0.222 e. The maximum atomic E-state index is 11.4. The molecule has 0 aromatic heterocycles. The molecule has 0 radical (unpaired) electrons. The highest BCUT2D eigenvalue weighted by molar-refractivity contribution is 6.18. The van der Waals surface area contributed by atoms with Gasteiger partial charge in [0.15, 0.2) is 0 Å². The third-order valence-electron chi connectivity index (χ3n) is 2.32. The van der Waals surface area contributed by atoms with Crippen LogP contribution in [0.4, 0.5) is 0 Å². The van der Waals surface area contributed by atoms with Crippen LogP contribution in [-0.2, 0) is 4.79 Å². The monoisotopic (exact) mass is 189 g/mol. The summed E-state index contributed by atoms with van der Waals surface area (Å²) in [5.74, 6) is 1.52. The van der Waals surface area contributed by atoms with Gasteiger partial charge in [0.25, 0.3) is 0 Å². The zero-order valence-electron chi connectivity index (χ0n) is 7.55. The van der Waals surface area contributed by atoms with E-state index >= 15 is 0 Å². The highest BCUT2D eigenvalue weighted by atomic mass is 35.5. The fourth-order valence-corrected chi connectivity index (χ4v) is 1.81. The minimum atomic E-state index is 0.296. The number of carbonyl (C=O) groups is 1. The van der Waals surface area contributed by atoms with Gasteiger partial charge in [-0.1, -0.05) is 6.92 Å². The van der Waals surface area contributed by atoms with Crippen molar-refractivity contribution in [2.45, 2.75) is 26.2 Å². The van der Waals surface area contributed by atoms with Gasteiger partial charge in [0.05, 0.1) is 0 Å². The third kappa shape index (κ3) is 2.37. The summed E-state index contributed by atoms with van der Waals surface area (Å²) in [5, 5.41) is 0. The Morgan fingerprint density at radius 2 is 2.42 bits per heavy atom. The van der Waals surface area contributed by atoms with Gasteiger partial charge < -0.3 is 4.90 Å². The molecule has 1 rings (SSSR count). The van der Waals surface area contributed by atoms with E-state index in [0.717, 1.165) is 25.9 Å². The summed E-state index contributed by atoms with van der Waals surface area (Å²) < 4.78 is 0. The minimum Gasteiger partial charge on any atom is -0.342 e. The summed E-state index contributed by atoms with van der Waals surface area (Å²) in [4.78, 5) is 13.3. The lowest BCUT2D eigenvalue weighted by Crippen LogP contribution is -2.28. The van der Waals surface area contributed by atoms with Crippen LogP contribution < -0.4 is 0 Å². The highest BCUT2D eigenvalue weighted by Gasteiger charge is 2.24. The second-order valence-corrected chi connectivity index (χ2v) is 3.71. The van der Waals surface area contributed by atoms with Gasteiger partial charge in [0.1, 0.15) is 0 Å². The van der Waals surface area contributed by atoms with E-state index in [2.05, 4.69) is 0 Å². The molecule has 0 saturated carbocycles. The van der Waals surface area contributed by atoms with Crippen molar-refractivity contribution in [2.75, 3.05) is 19.0 Å². The molecule has 0 N–H and O–H groups in total. The van der Waals surface area contributed by atoms with Gasteiger partial charge in [-0.15, -0.1) is 11.6 Å². The van der Waals surface area contributed by atoms with Crippen LogP contribution in [0.3, 0.4) is 0 Å². The summed E-state index contributed by atoms with van der Waals surface area (Å²) in [6.07, 6.45) is 2.72. The number of amides is 1. The van der Waals surface area contributed by atoms with E-state index in [0.29, 0.717) is 24.1 Å². The smallest absolute Gasteiger partial charge is 0.222 e. The Labute approximate surface area is 78.9 Å². The lowest BCUT2D eigenvalue weighted by Gasteiger charge is -2.15. The lowest BCUT2D eigenvalue weighted by molar-refractivity contribution is -0.130. The summed E-state index contributed by atoms with van der Waals surface area (Å²) in [7, 11) is 0. The molecule has 0 aromatic carbocycles. The molecule has 1 unspecified atom stereocenters. The van der Waals surface area contributed by atoms with Crippen LogP contribution in [0.1, 0.15) is 26.2 Å². The van der Waals surface area contributed by atoms with Crippen molar-refractivity contribution < 1.29 is 4.79 Å². The number of carbonyl (C=O) groups excluding carboxylic acids is 1. The molecule has 1 aliphatic heterocycles. The molecule has 1 aliphatic rings. The zero-order chi connectivity index (χ0) is 8.97. The molecule has 0 aromatic rings. The van der Waals surface area contributed by atoms with Crippen LogP contribution in [0.15, 0.2) is 0 Å². The van der Waals surface area contributed by atoms with Gasteiger partial charge in [0, 0.05) is 25.4 Å². The quantitative estimate of drug-likeness (QED) is 0.621. The zero-order valence-corrected chi connectivity index (χ0v) is 8.31. The Morgan fingerprint density at radius 3 is 2.92 bits per heavy atom. The van der Waals surface area contributed by atoms with Gasteiger partial charge in [0.2, 0.25) is 5.91 Å². The molecule has 1 atom stereocenters. The van der Waals surface area contributed by atoms with E-state index in [4.69, 9.17) is 11.6 Å². The Balaban J connectivity index is 2.31. The maximum absolute atomic E-state index is 11.4. The first-order valence-corrected chi connectivity index (χ1v) is 5.15. The first kappa shape index (κ1) is 9.85. The number of alkyl halides is 1. The fraction of sp³-hybridized carbons (Fsp3) is 0.889. The van der Waals surface area contributed by atoms with Crippen LogP contribution in [0.2, 0.25) is 0 Å². The van der Waals surface area contributed by atoms with Crippen molar-refractivity contribution in [1.82, 2.24) is 4.90 Å². The third-order valence-corrected chi connectivity index (χ3v) is 2.76. The summed E-state index contributed by atoms with van der Waals surface area (Å²) in [5.41, 5.74) is 0. The Morgan fingerprint density at radius 1 is 1.67 bits per heavy atom. The topological polar surface area (TPSA) is 20.3 Å². The SMILES string of the molecule is CCCC(=O)N1CCC(CCl)C1. The summed E-state index contributed by atoms with van der Waals surface area (Å²) in [6.45, 7) is 3.82. The van der Waals surface area contributed by atoms with Gasteiger partial charge in [-0.05, 0) is 18.8 Å². The number of hydrogen-bond donors (Lipinski definition) is 0. The predicted molar refractivity (Wildman–Crippen MR) is 50.3 cm³/mol. The lowest BCUT2D eigenvalue weighted by atomic mass is 10.2. The van der Waals surface area contributed by atoms with Crippen molar-refractivity contribution in [3.05, 3.63) is 0 Å². The molecule has 0 bridgehead atoms. The van der Waals surface area contributed by atoms with E-state index in [9.17, 15) is 4.79 Å². The van der Waals surface area contributed by atoms with Crippen LogP contribution in [-0.4, -0.2) is 29.8 Å². The average molecular weight is 190 g/mol. The largest absolute Gasteiger partial charge is 0.342 e. The molecule has 2 nitrogen and oxygen atoms in total. The van der Waals surface area contributed by atoms with Crippen molar-refractivity contribution in [1.29, 1.82) is 0 Å². The van der Waals surface area contributed by atoms with E-state index in [1.165, 1.54) is 0 Å². The minimum absolute atomic E-state index is 0.296. The van der Waals surface area contributed by atoms with E-state index < -0.39 is 0 Å². The number of nitrogens with zero attached hydrogens (tertiary/aromatic N) is 1. The first-order valence-electron chi connectivity index (χ1n) is 4.61. The Hall–Kier alpha value is -0.240. The van der Waals surface area contributed by atoms with Gasteiger partial charge in [-0.25, -0.2) is 0 Å². The Kier molecular flexibility index (Phi) is 3.86. The first-order chi connectivity index (χ1) is 5.77. The molecule has 3 heteroatoms. The van der Waals surface area contributed by atoms with Gasteiger partial charge in [-0.2, -0.15) is 0 Å². The number of rotatable bonds is 3. The summed E-state index contributed by atoms with van der Waals surface area (Å²) in [6, 6.07) is 0. The van der Waals surface area contributed by atoms with Crippen LogP contribution in [0.25, 0.3) is 0 Å². The molecule has 70 valence electrons. The van der Waals surface area contributed by atoms with Crippen LogP contribution in [0.5, 0.6) is 0 Å². The van der Waals surface area contributed by atoms with Crippen molar-refractivity contribution in [3.63, 3.8) is 0 Å². The molecule has 1 amide bonds. The molecule has 0 aliphatic carbocycles. The van der Waals surface area contributed by atoms with Crippen molar-refractivity contribution in [2.24, 2.45) is 5.92 Å². The van der Waals surface area contributed by atoms with Crippen molar-refractivity contribution in [3.8, 4) is 0 Å². The van der Waals surface area contributed by atoms with Crippen LogP contribution in [0, 0.1) is 5.92 Å². The molecule has 12 heavy (non-hydrogen) atoms. The highest BCUT2D eigenvalue weighted by Crippen LogP contribution is 2.18. The van der Waals surface area contributed by atoms with Crippen LogP contribution >= 0.6 is 11.6 Å². The standard InChI is InChI=1S/C9H16ClNO/c1-2-3-9(12)11-5-4-8(6-10)7-11/h8H,2-7H2,1H3. The number of hydrogen-bond acceptors (Lipinski definition) is 1. The average Bonchev–Trinajstić information content (AvgIpc) is 2.52. The predicted octanol–water partition coefficient (Wildman–Crippen LogP) is 1.87. The second-order valence-electron chi connectivity index (χ2n) is 3.40. The molecule has 0 spiro atoms. The molecule has 1 fully saturated rings. The number of likely N-dealkylation sites (tertiary alicyclic amines) is 1. The fourth-order valence-electron chi connectivity index (χ4n) is 1.56. The molecule has 1 heterocycles. The van der Waals surface area contributed by atoms with Gasteiger partial charge >= 0.3 is 0 Å². The normalized spacial score (nSPS) is 23.2. The van der Waals surface area contributed by atoms with E-state index in [1.807, 2.05) is 11.8 Å². The molecule has 1 saturated heterocycles. The number of halogens is 1. The van der Waals surface area contributed by atoms with Gasteiger partial charge in [-0.3, -0.25) is 4.79 Å².